The first-order chi connectivity index (χ1) is 11.1. The van der Waals surface area contributed by atoms with Crippen LogP contribution in [0.25, 0.3) is 6.08 Å². The first kappa shape index (κ1) is 17.3. The molecule has 4 nitrogen and oxygen atoms in total. The van der Waals surface area contributed by atoms with E-state index in [-0.39, 0.29) is 18.3 Å². The van der Waals surface area contributed by atoms with Gasteiger partial charge < -0.3 is 9.80 Å². The minimum atomic E-state index is -0.293. The third-order valence-corrected chi connectivity index (χ3v) is 4.01. The fourth-order valence-electron chi connectivity index (χ4n) is 1.98. The van der Waals surface area contributed by atoms with Crippen molar-refractivity contribution < 1.29 is 9.18 Å². The van der Waals surface area contributed by atoms with Gasteiger partial charge >= 0.3 is 0 Å². The lowest BCUT2D eigenvalue weighted by Crippen LogP contribution is -2.35. The quantitative estimate of drug-likeness (QED) is 0.731. The molecule has 0 aliphatic rings. The first-order valence-electron chi connectivity index (χ1n) is 7.31. The maximum Gasteiger partial charge on any atom is 0.247 e. The summed E-state index contributed by atoms with van der Waals surface area (Å²) in [5.74, 6) is -0.440. The van der Waals surface area contributed by atoms with Crippen LogP contribution in [0, 0.1) is 5.82 Å². The average molecular weight is 333 g/mol. The van der Waals surface area contributed by atoms with Crippen molar-refractivity contribution in [2.75, 3.05) is 27.2 Å². The SMILES string of the molecule is CN(C)CCN(Cc1ccccc1F)C(=O)C=Cc1nccs1. The van der Waals surface area contributed by atoms with Crippen molar-refractivity contribution in [3.8, 4) is 0 Å². The van der Waals surface area contributed by atoms with E-state index in [1.54, 1.807) is 35.4 Å². The second-order valence-electron chi connectivity index (χ2n) is 5.36. The maximum absolute atomic E-state index is 13.8. The molecule has 6 heteroatoms. The molecule has 0 saturated heterocycles. The van der Waals surface area contributed by atoms with Gasteiger partial charge in [-0.3, -0.25) is 4.79 Å². The number of hydrogen-bond acceptors (Lipinski definition) is 4. The predicted molar refractivity (Wildman–Crippen MR) is 91.5 cm³/mol. The van der Waals surface area contributed by atoms with Gasteiger partial charge in [0.1, 0.15) is 10.8 Å². The maximum atomic E-state index is 13.8. The standard InChI is InChI=1S/C17H20FN3OS/c1-20(2)10-11-21(13-14-5-3-4-6-15(14)18)17(22)8-7-16-19-9-12-23-16/h3-9,12H,10-11,13H2,1-2H3. The number of nitrogens with zero attached hydrogens (tertiary/aromatic N) is 3. The largest absolute Gasteiger partial charge is 0.333 e. The molecule has 23 heavy (non-hydrogen) atoms. The van der Waals surface area contributed by atoms with Crippen LogP contribution in [-0.4, -0.2) is 47.9 Å². The van der Waals surface area contributed by atoms with Crippen LogP contribution in [0.3, 0.4) is 0 Å². The summed E-state index contributed by atoms with van der Waals surface area (Å²) < 4.78 is 13.8. The Morgan fingerprint density at radius 1 is 1.30 bits per heavy atom. The Bertz CT molecular complexity index is 656. The Labute approximate surface area is 139 Å². The third kappa shape index (κ3) is 5.58. The number of carbonyl (C=O) groups is 1. The summed E-state index contributed by atoms with van der Waals surface area (Å²) in [7, 11) is 3.88. The summed E-state index contributed by atoms with van der Waals surface area (Å²) in [6.45, 7) is 1.50. The Morgan fingerprint density at radius 3 is 2.74 bits per heavy atom. The molecule has 1 aromatic heterocycles. The van der Waals surface area contributed by atoms with Gasteiger partial charge in [-0.1, -0.05) is 18.2 Å². The zero-order valence-electron chi connectivity index (χ0n) is 13.3. The third-order valence-electron chi connectivity index (χ3n) is 3.27. The van der Waals surface area contributed by atoms with Crippen LogP contribution in [-0.2, 0) is 11.3 Å². The number of hydrogen-bond donors (Lipinski definition) is 0. The fraction of sp³-hybridized carbons (Fsp3) is 0.294. The van der Waals surface area contributed by atoms with Crippen molar-refractivity contribution in [3.63, 3.8) is 0 Å². The van der Waals surface area contributed by atoms with E-state index in [0.29, 0.717) is 18.7 Å². The molecule has 1 heterocycles. The molecule has 0 aliphatic carbocycles. The molecular weight excluding hydrogens is 313 g/mol. The van der Waals surface area contributed by atoms with E-state index in [1.807, 2.05) is 24.4 Å². The highest BCUT2D eigenvalue weighted by molar-refractivity contribution is 7.10. The molecule has 0 unspecified atom stereocenters. The highest BCUT2D eigenvalue weighted by Crippen LogP contribution is 2.12. The number of carbonyl (C=O) groups excluding carboxylic acids is 1. The molecule has 0 aliphatic heterocycles. The van der Waals surface area contributed by atoms with Gasteiger partial charge in [-0.05, 0) is 26.2 Å². The van der Waals surface area contributed by atoms with Crippen molar-refractivity contribution in [1.82, 2.24) is 14.8 Å². The summed E-state index contributed by atoms with van der Waals surface area (Å²) >= 11 is 1.46. The van der Waals surface area contributed by atoms with Crippen LogP contribution in [0.15, 0.2) is 41.9 Å². The number of aromatic nitrogens is 1. The molecule has 0 N–H and O–H groups in total. The topological polar surface area (TPSA) is 36.4 Å². The lowest BCUT2D eigenvalue weighted by molar-refractivity contribution is -0.126. The molecule has 1 aromatic carbocycles. The van der Waals surface area contributed by atoms with Gasteiger partial charge in [-0.25, -0.2) is 9.37 Å². The smallest absolute Gasteiger partial charge is 0.247 e. The van der Waals surface area contributed by atoms with Crippen LogP contribution in [0.4, 0.5) is 4.39 Å². The molecule has 0 radical (unpaired) electrons. The van der Waals surface area contributed by atoms with Crippen LogP contribution >= 0.6 is 11.3 Å². The molecule has 1 amide bonds. The van der Waals surface area contributed by atoms with E-state index in [2.05, 4.69) is 4.98 Å². The number of rotatable bonds is 7. The number of halogens is 1. The number of likely N-dealkylation sites (N-methyl/N-ethyl adjacent to an activating group) is 1. The molecule has 122 valence electrons. The minimum absolute atomic E-state index is 0.148. The van der Waals surface area contributed by atoms with E-state index in [0.717, 1.165) is 5.01 Å². The van der Waals surface area contributed by atoms with E-state index >= 15 is 0 Å². The van der Waals surface area contributed by atoms with Gasteiger partial charge in [0.25, 0.3) is 0 Å². The van der Waals surface area contributed by atoms with Gasteiger partial charge in [-0.2, -0.15) is 0 Å². The van der Waals surface area contributed by atoms with Crippen molar-refractivity contribution in [3.05, 3.63) is 58.3 Å². The lowest BCUT2D eigenvalue weighted by Gasteiger charge is -2.23. The normalized spacial score (nSPS) is 11.3. The molecule has 2 rings (SSSR count). The van der Waals surface area contributed by atoms with Crippen LogP contribution in [0.5, 0.6) is 0 Å². The van der Waals surface area contributed by atoms with Gasteiger partial charge in [-0.15, -0.1) is 11.3 Å². The highest BCUT2D eigenvalue weighted by atomic mass is 32.1. The van der Waals surface area contributed by atoms with Crippen molar-refractivity contribution in [2.24, 2.45) is 0 Å². The Hall–Kier alpha value is -2.05. The fourth-order valence-corrected chi connectivity index (χ4v) is 2.51. The molecule has 0 fully saturated rings. The van der Waals surface area contributed by atoms with E-state index in [4.69, 9.17) is 0 Å². The summed E-state index contributed by atoms with van der Waals surface area (Å²) in [5.41, 5.74) is 0.516. The summed E-state index contributed by atoms with van der Waals surface area (Å²) in [4.78, 5) is 20.2. The Kier molecular flexibility index (Phi) is 6.43. The number of amides is 1. The zero-order valence-corrected chi connectivity index (χ0v) is 14.1. The Morgan fingerprint density at radius 2 is 2.09 bits per heavy atom. The molecule has 0 bridgehead atoms. The van der Waals surface area contributed by atoms with Crippen molar-refractivity contribution >= 4 is 23.3 Å². The molecular formula is C17H20FN3OS. The van der Waals surface area contributed by atoms with Gasteiger partial charge in [0, 0.05) is 42.9 Å². The van der Waals surface area contributed by atoms with Crippen LogP contribution in [0.2, 0.25) is 0 Å². The van der Waals surface area contributed by atoms with Crippen LogP contribution < -0.4 is 0 Å². The van der Waals surface area contributed by atoms with Gasteiger partial charge in [0.2, 0.25) is 5.91 Å². The minimum Gasteiger partial charge on any atom is -0.333 e. The monoisotopic (exact) mass is 333 g/mol. The zero-order chi connectivity index (χ0) is 16.7. The first-order valence-corrected chi connectivity index (χ1v) is 8.19. The molecule has 0 saturated carbocycles. The molecule has 2 aromatic rings. The van der Waals surface area contributed by atoms with E-state index in [1.165, 1.54) is 23.5 Å². The van der Waals surface area contributed by atoms with E-state index < -0.39 is 0 Å². The second-order valence-corrected chi connectivity index (χ2v) is 6.28. The molecule has 0 spiro atoms. The Balaban J connectivity index is 2.09. The summed E-state index contributed by atoms with van der Waals surface area (Å²) in [6, 6.07) is 6.54. The predicted octanol–water partition coefficient (Wildman–Crippen LogP) is 2.89. The second kappa shape index (κ2) is 8.55. The van der Waals surface area contributed by atoms with Crippen molar-refractivity contribution in [1.29, 1.82) is 0 Å². The number of benzene rings is 1. The van der Waals surface area contributed by atoms with Gasteiger partial charge in [0.15, 0.2) is 0 Å². The summed E-state index contributed by atoms with van der Waals surface area (Å²) in [6.07, 6.45) is 4.88. The lowest BCUT2D eigenvalue weighted by atomic mass is 10.2. The van der Waals surface area contributed by atoms with Gasteiger partial charge in [0.05, 0.1) is 0 Å². The molecule has 0 atom stereocenters. The number of thiazole rings is 1. The summed E-state index contributed by atoms with van der Waals surface area (Å²) in [5, 5.41) is 2.63. The highest BCUT2D eigenvalue weighted by Gasteiger charge is 2.14. The van der Waals surface area contributed by atoms with E-state index in [9.17, 15) is 9.18 Å². The van der Waals surface area contributed by atoms with Crippen LogP contribution in [0.1, 0.15) is 10.6 Å². The van der Waals surface area contributed by atoms with Crippen molar-refractivity contribution in [2.45, 2.75) is 6.54 Å². The average Bonchev–Trinajstić information content (AvgIpc) is 3.04.